The van der Waals surface area contributed by atoms with Crippen LogP contribution in [0.2, 0.25) is 10.0 Å². The molecule has 0 saturated heterocycles. The van der Waals surface area contributed by atoms with Gasteiger partial charge in [-0.1, -0.05) is 29.3 Å². The van der Waals surface area contributed by atoms with Crippen LogP contribution in [-0.4, -0.2) is 21.2 Å². The number of aliphatic hydroxyl groups excluding tert-OH is 1. The molecule has 1 aliphatic rings. The molecule has 4 rings (SSSR count). The summed E-state index contributed by atoms with van der Waals surface area (Å²) in [6.45, 7) is 0.734. The molecule has 0 amide bonds. The van der Waals surface area contributed by atoms with Gasteiger partial charge in [0.1, 0.15) is 5.52 Å². The first-order chi connectivity index (χ1) is 12.8. The second kappa shape index (κ2) is 6.58. The zero-order valence-corrected chi connectivity index (χ0v) is 15.4. The largest absolute Gasteiger partial charge is 0.418 e. The molecule has 0 saturated carbocycles. The van der Waals surface area contributed by atoms with Crippen molar-refractivity contribution in [2.45, 2.75) is 25.7 Å². The number of anilines is 2. The van der Waals surface area contributed by atoms with Crippen LogP contribution in [0.4, 0.5) is 24.8 Å². The number of hydrogen-bond donors (Lipinski definition) is 1. The fourth-order valence-corrected chi connectivity index (χ4v) is 3.86. The molecule has 142 valence electrons. The summed E-state index contributed by atoms with van der Waals surface area (Å²) in [5.74, 6) is 0.367. The van der Waals surface area contributed by atoms with Gasteiger partial charge in [0.05, 0.1) is 28.4 Å². The van der Waals surface area contributed by atoms with Crippen LogP contribution in [0.5, 0.6) is 0 Å². The van der Waals surface area contributed by atoms with E-state index in [1.54, 1.807) is 12.1 Å². The molecule has 0 bridgehead atoms. The van der Waals surface area contributed by atoms with Gasteiger partial charge in [-0.3, -0.25) is 0 Å². The lowest BCUT2D eigenvalue weighted by Crippen LogP contribution is -2.30. The van der Waals surface area contributed by atoms with Crippen molar-refractivity contribution in [3.05, 3.63) is 51.5 Å². The highest BCUT2D eigenvalue weighted by Crippen LogP contribution is 2.43. The maximum Gasteiger partial charge on any atom is 0.418 e. The van der Waals surface area contributed by atoms with Crippen LogP contribution in [-0.2, 0) is 19.3 Å². The molecule has 2 heterocycles. The summed E-state index contributed by atoms with van der Waals surface area (Å²) >= 11 is 12.1. The van der Waals surface area contributed by atoms with Crippen LogP contribution >= 0.6 is 23.2 Å². The number of aliphatic hydroxyl groups is 1. The Morgan fingerprint density at radius 1 is 1.11 bits per heavy atom. The molecule has 2 aromatic carbocycles. The van der Waals surface area contributed by atoms with Crippen LogP contribution in [0.1, 0.15) is 17.5 Å². The van der Waals surface area contributed by atoms with E-state index in [0.717, 1.165) is 6.07 Å². The van der Waals surface area contributed by atoms with E-state index < -0.39 is 11.7 Å². The molecule has 0 spiro atoms. The maximum atomic E-state index is 13.6. The van der Waals surface area contributed by atoms with Crippen LogP contribution in [0.3, 0.4) is 0 Å². The third-order valence-electron chi connectivity index (χ3n) is 4.64. The van der Waals surface area contributed by atoms with Crippen LogP contribution < -0.4 is 4.90 Å². The van der Waals surface area contributed by atoms with Crippen molar-refractivity contribution in [1.82, 2.24) is 9.55 Å². The number of halogens is 5. The molecule has 0 radical (unpaired) electrons. The SMILES string of the molecule is OCc1ccc(Cl)c2nc3n(c12)CCCN3c1ccc(Cl)cc1C(F)(F)F. The van der Waals surface area contributed by atoms with Crippen molar-refractivity contribution < 1.29 is 18.3 Å². The average molecular weight is 416 g/mol. The summed E-state index contributed by atoms with van der Waals surface area (Å²) in [7, 11) is 0. The number of benzene rings is 2. The highest BCUT2D eigenvalue weighted by Gasteiger charge is 2.37. The Bertz CT molecular complexity index is 1030. The van der Waals surface area contributed by atoms with Gasteiger partial charge in [-0.2, -0.15) is 13.2 Å². The van der Waals surface area contributed by atoms with E-state index in [0.29, 0.717) is 47.1 Å². The second-order valence-corrected chi connectivity index (χ2v) is 7.13. The molecular weight excluding hydrogens is 402 g/mol. The van der Waals surface area contributed by atoms with E-state index in [9.17, 15) is 18.3 Å². The predicted molar refractivity (Wildman–Crippen MR) is 98.7 cm³/mol. The third-order valence-corrected chi connectivity index (χ3v) is 5.18. The Hall–Kier alpha value is -1.96. The van der Waals surface area contributed by atoms with Gasteiger partial charge < -0.3 is 14.6 Å². The quantitative estimate of drug-likeness (QED) is 0.609. The van der Waals surface area contributed by atoms with Crippen molar-refractivity contribution in [3.63, 3.8) is 0 Å². The highest BCUT2D eigenvalue weighted by molar-refractivity contribution is 6.35. The maximum absolute atomic E-state index is 13.6. The van der Waals surface area contributed by atoms with Gasteiger partial charge in [0.2, 0.25) is 5.95 Å². The lowest BCUT2D eigenvalue weighted by Gasteiger charge is -2.31. The minimum Gasteiger partial charge on any atom is -0.392 e. The van der Waals surface area contributed by atoms with E-state index >= 15 is 0 Å². The molecule has 9 heteroatoms. The number of alkyl halides is 3. The molecule has 3 aromatic rings. The first kappa shape index (κ1) is 18.4. The number of aromatic nitrogens is 2. The van der Waals surface area contributed by atoms with Crippen LogP contribution in [0.25, 0.3) is 11.0 Å². The molecule has 0 fully saturated rings. The number of fused-ring (bicyclic) bond motifs is 3. The molecule has 1 N–H and O–H groups in total. The van der Waals surface area contributed by atoms with Crippen LogP contribution in [0.15, 0.2) is 30.3 Å². The zero-order chi connectivity index (χ0) is 19.3. The fourth-order valence-electron chi connectivity index (χ4n) is 3.50. The van der Waals surface area contributed by atoms with Gasteiger partial charge in [-0.25, -0.2) is 4.98 Å². The molecular formula is C18H14Cl2F3N3O. The number of imidazole rings is 1. The first-order valence-electron chi connectivity index (χ1n) is 8.24. The third kappa shape index (κ3) is 3.03. The molecule has 0 unspecified atom stereocenters. The minimum absolute atomic E-state index is 0.00942. The lowest BCUT2D eigenvalue weighted by molar-refractivity contribution is -0.137. The standard InChI is InChI=1S/C18H14Cl2F3N3O/c19-11-3-5-14(12(8-11)18(21,22)23)25-6-1-7-26-16-10(9-27)2-4-13(20)15(16)24-17(25)26/h2-5,8,27H,1,6-7,9H2. The van der Waals surface area contributed by atoms with Gasteiger partial charge in [0, 0.05) is 23.7 Å². The van der Waals surface area contributed by atoms with E-state index in [1.165, 1.54) is 17.0 Å². The molecule has 27 heavy (non-hydrogen) atoms. The van der Waals surface area contributed by atoms with Gasteiger partial charge >= 0.3 is 6.18 Å². The molecule has 4 nitrogen and oxygen atoms in total. The van der Waals surface area contributed by atoms with E-state index in [4.69, 9.17) is 23.2 Å². The summed E-state index contributed by atoms with van der Waals surface area (Å²) in [5, 5.41) is 10.1. The number of hydrogen-bond acceptors (Lipinski definition) is 3. The van der Waals surface area contributed by atoms with E-state index in [-0.39, 0.29) is 17.3 Å². The zero-order valence-electron chi connectivity index (χ0n) is 13.9. The Morgan fingerprint density at radius 2 is 1.89 bits per heavy atom. The Balaban J connectivity index is 1.96. The van der Waals surface area contributed by atoms with Crippen molar-refractivity contribution in [3.8, 4) is 0 Å². The number of rotatable bonds is 2. The van der Waals surface area contributed by atoms with Gasteiger partial charge in [0.15, 0.2) is 0 Å². The minimum atomic E-state index is -4.55. The van der Waals surface area contributed by atoms with Crippen molar-refractivity contribution >= 4 is 45.9 Å². The Morgan fingerprint density at radius 3 is 2.59 bits per heavy atom. The Labute approximate surface area is 162 Å². The van der Waals surface area contributed by atoms with E-state index in [2.05, 4.69) is 4.98 Å². The van der Waals surface area contributed by atoms with Gasteiger partial charge in [-0.15, -0.1) is 0 Å². The summed E-state index contributed by atoms with van der Waals surface area (Å²) in [6.07, 6.45) is -3.93. The molecule has 0 aliphatic carbocycles. The van der Waals surface area contributed by atoms with Gasteiger partial charge in [0.25, 0.3) is 0 Å². The number of nitrogens with zero attached hydrogens (tertiary/aromatic N) is 3. The fraction of sp³-hybridized carbons (Fsp3) is 0.278. The topological polar surface area (TPSA) is 41.3 Å². The smallest absolute Gasteiger partial charge is 0.392 e. The predicted octanol–water partition coefficient (Wildman–Crippen LogP) is 5.40. The molecule has 1 aromatic heterocycles. The molecule has 1 aliphatic heterocycles. The van der Waals surface area contributed by atoms with Crippen molar-refractivity contribution in [1.29, 1.82) is 0 Å². The normalized spacial score (nSPS) is 14.7. The summed E-state index contributed by atoms with van der Waals surface area (Å²) in [6, 6.07) is 7.03. The summed E-state index contributed by atoms with van der Waals surface area (Å²) in [5.41, 5.74) is 0.913. The Kier molecular flexibility index (Phi) is 4.49. The monoisotopic (exact) mass is 415 g/mol. The highest BCUT2D eigenvalue weighted by atomic mass is 35.5. The summed E-state index contributed by atoms with van der Waals surface area (Å²) in [4.78, 5) is 6.04. The lowest BCUT2D eigenvalue weighted by atomic mass is 10.1. The molecule has 0 atom stereocenters. The van der Waals surface area contributed by atoms with Crippen molar-refractivity contribution in [2.24, 2.45) is 0 Å². The second-order valence-electron chi connectivity index (χ2n) is 6.29. The first-order valence-corrected chi connectivity index (χ1v) is 8.99. The average Bonchev–Trinajstić information content (AvgIpc) is 3.02. The van der Waals surface area contributed by atoms with Crippen molar-refractivity contribution in [2.75, 3.05) is 11.4 Å². The summed E-state index contributed by atoms with van der Waals surface area (Å²) < 4.78 is 42.6. The van der Waals surface area contributed by atoms with Crippen LogP contribution in [0, 0.1) is 0 Å². The van der Waals surface area contributed by atoms with E-state index in [1.807, 2.05) is 4.57 Å². The number of aryl methyl sites for hydroxylation is 1. The van der Waals surface area contributed by atoms with Gasteiger partial charge in [-0.05, 0) is 30.7 Å².